The minimum Gasteiger partial charge on any atom is -0.382 e. The lowest BCUT2D eigenvalue weighted by Gasteiger charge is -2.37. The van der Waals surface area contributed by atoms with Crippen LogP contribution in [0.4, 0.5) is 10.1 Å². The molecular formula is C18H17FN2. The minimum absolute atomic E-state index is 0.165. The van der Waals surface area contributed by atoms with Gasteiger partial charge in [-0.1, -0.05) is 18.2 Å². The van der Waals surface area contributed by atoms with E-state index in [0.717, 1.165) is 29.7 Å². The molecule has 106 valence electrons. The zero-order valence-corrected chi connectivity index (χ0v) is 11.9. The molecule has 0 spiro atoms. The van der Waals surface area contributed by atoms with Gasteiger partial charge in [0.2, 0.25) is 0 Å². The second kappa shape index (κ2) is 5.57. The van der Waals surface area contributed by atoms with Crippen molar-refractivity contribution in [1.82, 2.24) is 0 Å². The van der Waals surface area contributed by atoms with Crippen LogP contribution < -0.4 is 5.32 Å². The molecule has 3 heteroatoms. The standard InChI is InChI=1S/C18H17FN2/c1-12-5-6-13(11-20)7-18(12)21-17-9-15(10-17)14-3-2-4-16(19)8-14/h2-8,15,17,21H,9-10H2,1H3. The van der Waals surface area contributed by atoms with Crippen LogP contribution in [-0.2, 0) is 0 Å². The topological polar surface area (TPSA) is 35.8 Å². The Kier molecular flexibility index (Phi) is 3.62. The minimum atomic E-state index is -0.165. The van der Waals surface area contributed by atoms with Gasteiger partial charge in [0.25, 0.3) is 0 Å². The Morgan fingerprint density at radius 3 is 2.71 bits per heavy atom. The third-order valence-corrected chi connectivity index (χ3v) is 4.18. The van der Waals surface area contributed by atoms with Crippen LogP contribution in [0.15, 0.2) is 42.5 Å². The Balaban J connectivity index is 1.64. The number of nitrogens with zero attached hydrogens (tertiary/aromatic N) is 1. The van der Waals surface area contributed by atoms with E-state index in [1.807, 2.05) is 31.2 Å². The zero-order valence-electron chi connectivity index (χ0n) is 11.9. The average Bonchev–Trinajstić information content (AvgIpc) is 2.44. The number of nitriles is 1. The summed E-state index contributed by atoms with van der Waals surface area (Å²) < 4.78 is 13.2. The third kappa shape index (κ3) is 2.90. The van der Waals surface area contributed by atoms with E-state index in [-0.39, 0.29) is 5.82 Å². The number of halogens is 1. The first-order chi connectivity index (χ1) is 10.2. The van der Waals surface area contributed by atoms with Crippen molar-refractivity contribution in [3.63, 3.8) is 0 Å². The van der Waals surface area contributed by atoms with Gasteiger partial charge < -0.3 is 5.32 Å². The van der Waals surface area contributed by atoms with E-state index in [9.17, 15) is 4.39 Å². The van der Waals surface area contributed by atoms with Crippen molar-refractivity contribution >= 4 is 5.69 Å². The van der Waals surface area contributed by atoms with Crippen LogP contribution in [0.2, 0.25) is 0 Å². The second-order valence-electron chi connectivity index (χ2n) is 5.71. The molecule has 1 aliphatic rings. The third-order valence-electron chi connectivity index (χ3n) is 4.18. The molecule has 1 aliphatic carbocycles. The molecule has 0 unspecified atom stereocenters. The van der Waals surface area contributed by atoms with E-state index in [0.29, 0.717) is 17.5 Å². The monoisotopic (exact) mass is 280 g/mol. The van der Waals surface area contributed by atoms with Crippen LogP contribution in [0.1, 0.15) is 35.4 Å². The van der Waals surface area contributed by atoms with Gasteiger partial charge >= 0.3 is 0 Å². The van der Waals surface area contributed by atoms with E-state index in [2.05, 4.69) is 11.4 Å². The second-order valence-corrected chi connectivity index (χ2v) is 5.71. The SMILES string of the molecule is Cc1ccc(C#N)cc1NC1CC(c2cccc(F)c2)C1. The summed E-state index contributed by atoms with van der Waals surface area (Å²) in [7, 11) is 0. The van der Waals surface area contributed by atoms with Crippen LogP contribution in [0.5, 0.6) is 0 Å². The maximum absolute atomic E-state index is 13.2. The normalized spacial score (nSPS) is 20.4. The number of nitrogens with one attached hydrogen (secondary N) is 1. The van der Waals surface area contributed by atoms with Gasteiger partial charge in [0.05, 0.1) is 11.6 Å². The lowest BCUT2D eigenvalue weighted by Crippen LogP contribution is -2.34. The largest absolute Gasteiger partial charge is 0.382 e. The molecule has 1 N–H and O–H groups in total. The summed E-state index contributed by atoms with van der Waals surface area (Å²) in [6.45, 7) is 2.03. The van der Waals surface area contributed by atoms with Crippen molar-refractivity contribution in [2.75, 3.05) is 5.32 Å². The molecule has 0 aliphatic heterocycles. The first-order valence-corrected chi connectivity index (χ1v) is 7.18. The molecule has 0 radical (unpaired) electrons. The predicted molar refractivity (Wildman–Crippen MR) is 81.7 cm³/mol. The van der Waals surface area contributed by atoms with E-state index in [4.69, 9.17) is 5.26 Å². The van der Waals surface area contributed by atoms with Crippen molar-refractivity contribution < 1.29 is 4.39 Å². The molecule has 0 atom stereocenters. The summed E-state index contributed by atoms with van der Waals surface area (Å²) in [5.41, 5.74) is 3.92. The molecule has 0 amide bonds. The van der Waals surface area contributed by atoms with Gasteiger partial charge in [-0.15, -0.1) is 0 Å². The molecule has 2 aromatic rings. The summed E-state index contributed by atoms with van der Waals surface area (Å²) in [5.74, 6) is 0.263. The van der Waals surface area contributed by atoms with Gasteiger partial charge in [-0.2, -0.15) is 5.26 Å². The highest BCUT2D eigenvalue weighted by atomic mass is 19.1. The molecule has 0 heterocycles. The van der Waals surface area contributed by atoms with Crippen LogP contribution >= 0.6 is 0 Å². The molecule has 2 nitrogen and oxygen atoms in total. The predicted octanol–water partition coefficient (Wildman–Crippen LogP) is 4.36. The number of benzene rings is 2. The summed E-state index contributed by atoms with van der Waals surface area (Å²) in [6, 6.07) is 15.1. The van der Waals surface area contributed by atoms with Crippen LogP contribution in [0.25, 0.3) is 0 Å². The maximum atomic E-state index is 13.2. The van der Waals surface area contributed by atoms with Gasteiger partial charge in [-0.3, -0.25) is 0 Å². The van der Waals surface area contributed by atoms with Crippen molar-refractivity contribution in [3.05, 3.63) is 65.0 Å². The molecule has 21 heavy (non-hydrogen) atoms. The molecule has 1 fully saturated rings. The van der Waals surface area contributed by atoms with Gasteiger partial charge in [0, 0.05) is 11.7 Å². The zero-order chi connectivity index (χ0) is 14.8. The van der Waals surface area contributed by atoms with Crippen LogP contribution in [0, 0.1) is 24.1 Å². The maximum Gasteiger partial charge on any atom is 0.123 e. The van der Waals surface area contributed by atoms with Gasteiger partial charge in [-0.25, -0.2) is 4.39 Å². The van der Waals surface area contributed by atoms with E-state index < -0.39 is 0 Å². The Labute approximate surface area is 124 Å². The summed E-state index contributed by atoms with van der Waals surface area (Å²) in [6.07, 6.45) is 2.00. The Hall–Kier alpha value is -2.34. The number of anilines is 1. The lowest BCUT2D eigenvalue weighted by molar-refractivity contribution is 0.373. The van der Waals surface area contributed by atoms with Gasteiger partial charge in [-0.05, 0) is 61.1 Å². The van der Waals surface area contributed by atoms with Crippen LogP contribution in [-0.4, -0.2) is 6.04 Å². The molecular weight excluding hydrogens is 263 g/mol. The number of rotatable bonds is 3. The molecule has 0 bridgehead atoms. The Morgan fingerprint density at radius 2 is 2.00 bits per heavy atom. The quantitative estimate of drug-likeness (QED) is 0.906. The Bertz CT molecular complexity index is 697. The molecule has 1 saturated carbocycles. The lowest BCUT2D eigenvalue weighted by atomic mass is 9.75. The summed E-state index contributed by atoms with van der Waals surface area (Å²) in [5, 5.41) is 12.5. The average molecular weight is 280 g/mol. The van der Waals surface area contributed by atoms with Crippen LogP contribution in [0.3, 0.4) is 0 Å². The van der Waals surface area contributed by atoms with Crippen molar-refractivity contribution in [3.8, 4) is 6.07 Å². The molecule has 0 saturated heterocycles. The highest BCUT2D eigenvalue weighted by molar-refractivity contribution is 5.56. The highest BCUT2D eigenvalue weighted by Gasteiger charge is 2.30. The molecule has 2 aromatic carbocycles. The van der Waals surface area contributed by atoms with Crippen molar-refractivity contribution in [2.24, 2.45) is 0 Å². The molecule has 3 rings (SSSR count). The van der Waals surface area contributed by atoms with Gasteiger partial charge in [0.15, 0.2) is 0 Å². The fraction of sp³-hybridized carbons (Fsp3) is 0.278. The van der Waals surface area contributed by atoms with Crippen molar-refractivity contribution in [2.45, 2.75) is 31.7 Å². The highest BCUT2D eigenvalue weighted by Crippen LogP contribution is 2.39. The fourth-order valence-corrected chi connectivity index (χ4v) is 2.84. The fourth-order valence-electron chi connectivity index (χ4n) is 2.84. The Morgan fingerprint density at radius 1 is 1.19 bits per heavy atom. The van der Waals surface area contributed by atoms with Gasteiger partial charge in [0.1, 0.15) is 5.82 Å². The number of aryl methyl sites for hydroxylation is 1. The van der Waals surface area contributed by atoms with E-state index >= 15 is 0 Å². The number of hydrogen-bond acceptors (Lipinski definition) is 2. The van der Waals surface area contributed by atoms with Crippen molar-refractivity contribution in [1.29, 1.82) is 5.26 Å². The van der Waals surface area contributed by atoms with E-state index in [1.165, 1.54) is 6.07 Å². The molecule has 0 aromatic heterocycles. The first-order valence-electron chi connectivity index (χ1n) is 7.18. The summed E-state index contributed by atoms with van der Waals surface area (Å²) >= 11 is 0. The number of hydrogen-bond donors (Lipinski definition) is 1. The summed E-state index contributed by atoms with van der Waals surface area (Å²) in [4.78, 5) is 0. The smallest absolute Gasteiger partial charge is 0.123 e. The first kappa shape index (κ1) is 13.6. The van der Waals surface area contributed by atoms with E-state index in [1.54, 1.807) is 12.1 Å².